The van der Waals surface area contributed by atoms with E-state index in [9.17, 15) is 13.2 Å². The highest BCUT2D eigenvalue weighted by molar-refractivity contribution is 6.14. The molecule has 0 spiro atoms. The second kappa shape index (κ2) is 16.3. The molecule has 3 nitrogen and oxygen atoms in total. The standard InChI is InChI=1S/C27H34F3N3.2C2H6/c1-5-8-17-32(16-7-3)19-26-31-24-18-22(27(28,29)30)14-15-23(24)20(4)33(26)25-13-10-9-12-21(25)11-6-2;2*1-2/h9-10,12-15,18H,4-8,11,16-17,19H2,1-3H3;2*1-2H3. The molecule has 0 atom stereocenters. The van der Waals surface area contributed by atoms with E-state index >= 15 is 0 Å². The van der Waals surface area contributed by atoms with Crippen LogP contribution in [0.5, 0.6) is 0 Å². The van der Waals surface area contributed by atoms with E-state index in [2.05, 4.69) is 49.3 Å². The Labute approximate surface area is 223 Å². The number of hydrogen-bond acceptors (Lipinski definition) is 3. The molecule has 0 N–H and O–H groups in total. The molecule has 0 saturated heterocycles. The second-order valence-corrected chi connectivity index (χ2v) is 8.55. The van der Waals surface area contributed by atoms with Crippen molar-refractivity contribution >= 4 is 22.9 Å². The average molecular weight is 518 g/mol. The first kappa shape index (κ1) is 32.4. The zero-order chi connectivity index (χ0) is 28.0. The van der Waals surface area contributed by atoms with Crippen LogP contribution in [-0.2, 0) is 12.6 Å². The van der Waals surface area contributed by atoms with Gasteiger partial charge in [-0.05, 0) is 56.1 Å². The minimum atomic E-state index is -4.41. The van der Waals surface area contributed by atoms with Crippen LogP contribution in [0.25, 0.3) is 5.70 Å². The summed E-state index contributed by atoms with van der Waals surface area (Å²) < 4.78 is 40.2. The molecule has 6 heteroatoms. The molecule has 2 aromatic carbocycles. The van der Waals surface area contributed by atoms with Gasteiger partial charge in [-0.1, -0.05) is 92.2 Å². The number of halogens is 3. The monoisotopic (exact) mass is 517 g/mol. The number of fused-ring (bicyclic) bond motifs is 1. The third-order valence-electron chi connectivity index (χ3n) is 5.90. The number of para-hydroxylation sites is 1. The lowest BCUT2D eigenvalue weighted by molar-refractivity contribution is -0.137. The van der Waals surface area contributed by atoms with Crippen LogP contribution in [0, 0.1) is 0 Å². The number of amidine groups is 1. The topological polar surface area (TPSA) is 18.8 Å². The molecule has 0 fully saturated rings. The molecule has 0 saturated carbocycles. The van der Waals surface area contributed by atoms with Gasteiger partial charge < -0.3 is 0 Å². The van der Waals surface area contributed by atoms with Crippen molar-refractivity contribution in [3.8, 4) is 0 Å². The van der Waals surface area contributed by atoms with Crippen LogP contribution in [0.4, 0.5) is 24.5 Å². The van der Waals surface area contributed by atoms with E-state index in [1.807, 2.05) is 39.8 Å². The van der Waals surface area contributed by atoms with Crippen LogP contribution in [0.1, 0.15) is 90.8 Å². The molecule has 0 amide bonds. The van der Waals surface area contributed by atoms with Crippen molar-refractivity contribution in [2.75, 3.05) is 24.5 Å². The van der Waals surface area contributed by atoms with E-state index in [0.717, 1.165) is 68.8 Å². The fraction of sp³-hybridized carbons (Fsp3) is 0.516. The molecule has 37 heavy (non-hydrogen) atoms. The highest BCUT2D eigenvalue weighted by Gasteiger charge is 2.33. The summed E-state index contributed by atoms with van der Waals surface area (Å²) in [4.78, 5) is 9.19. The van der Waals surface area contributed by atoms with Crippen molar-refractivity contribution in [1.82, 2.24) is 4.90 Å². The Morgan fingerprint density at radius 3 is 2.16 bits per heavy atom. The van der Waals surface area contributed by atoms with Gasteiger partial charge in [0.2, 0.25) is 0 Å². The number of aryl methyl sites for hydroxylation is 1. The average Bonchev–Trinajstić information content (AvgIpc) is 2.90. The SMILES string of the molecule is C=C1c2ccc(C(F)(F)F)cc2N=C(CN(CCC)CCCC)N1c1ccccc1CCC.CC.CC. The normalized spacial score (nSPS) is 12.8. The Hall–Kier alpha value is -2.60. The summed E-state index contributed by atoms with van der Waals surface area (Å²) in [5.74, 6) is 0.722. The zero-order valence-corrected chi connectivity index (χ0v) is 23.9. The van der Waals surface area contributed by atoms with E-state index < -0.39 is 11.7 Å². The van der Waals surface area contributed by atoms with Crippen molar-refractivity contribution < 1.29 is 13.2 Å². The lowest BCUT2D eigenvalue weighted by Gasteiger charge is -2.36. The Morgan fingerprint density at radius 2 is 1.57 bits per heavy atom. The lowest BCUT2D eigenvalue weighted by Crippen LogP contribution is -2.42. The van der Waals surface area contributed by atoms with Crippen LogP contribution < -0.4 is 4.90 Å². The van der Waals surface area contributed by atoms with Gasteiger partial charge in [0.15, 0.2) is 0 Å². The number of nitrogens with zero attached hydrogens (tertiary/aromatic N) is 3. The fourth-order valence-corrected chi connectivity index (χ4v) is 4.28. The molecule has 0 aliphatic carbocycles. The summed E-state index contributed by atoms with van der Waals surface area (Å²) in [6, 6.07) is 11.9. The van der Waals surface area contributed by atoms with E-state index in [1.165, 1.54) is 11.6 Å². The van der Waals surface area contributed by atoms with Gasteiger partial charge in [-0.2, -0.15) is 13.2 Å². The van der Waals surface area contributed by atoms with Crippen LogP contribution >= 0.6 is 0 Å². The Morgan fingerprint density at radius 1 is 0.892 bits per heavy atom. The molecule has 0 aromatic heterocycles. The summed E-state index contributed by atoms with van der Waals surface area (Å²) in [7, 11) is 0. The fourth-order valence-electron chi connectivity index (χ4n) is 4.28. The molecule has 0 bridgehead atoms. The first-order valence-electron chi connectivity index (χ1n) is 13.9. The van der Waals surface area contributed by atoms with Crippen LogP contribution in [0.3, 0.4) is 0 Å². The molecular formula is C31H46F3N3. The molecule has 206 valence electrons. The number of unbranched alkanes of at least 4 members (excludes halogenated alkanes) is 1. The Kier molecular flexibility index (Phi) is 14.3. The molecule has 1 aliphatic rings. The van der Waals surface area contributed by atoms with Gasteiger partial charge in [0.1, 0.15) is 5.84 Å². The molecule has 2 aromatic rings. The van der Waals surface area contributed by atoms with Crippen LogP contribution in [0.2, 0.25) is 0 Å². The van der Waals surface area contributed by atoms with E-state index in [-0.39, 0.29) is 0 Å². The number of benzene rings is 2. The zero-order valence-electron chi connectivity index (χ0n) is 23.9. The van der Waals surface area contributed by atoms with Crippen molar-refractivity contribution in [3.63, 3.8) is 0 Å². The van der Waals surface area contributed by atoms with Crippen LogP contribution in [-0.4, -0.2) is 30.4 Å². The van der Waals surface area contributed by atoms with E-state index in [1.54, 1.807) is 0 Å². The van der Waals surface area contributed by atoms with Gasteiger partial charge in [-0.25, -0.2) is 4.99 Å². The molecular weight excluding hydrogens is 471 g/mol. The molecule has 3 rings (SSSR count). The quantitative estimate of drug-likeness (QED) is 0.312. The first-order valence-corrected chi connectivity index (χ1v) is 13.9. The van der Waals surface area contributed by atoms with Gasteiger partial charge >= 0.3 is 6.18 Å². The highest BCUT2D eigenvalue weighted by atomic mass is 19.4. The third-order valence-corrected chi connectivity index (χ3v) is 5.90. The molecule has 0 radical (unpaired) electrons. The largest absolute Gasteiger partial charge is 0.416 e. The van der Waals surface area contributed by atoms with Gasteiger partial charge in [-0.15, -0.1) is 0 Å². The number of aliphatic imine (C=N–C) groups is 1. The minimum absolute atomic E-state index is 0.334. The van der Waals surface area contributed by atoms with Gasteiger partial charge in [0, 0.05) is 11.3 Å². The molecule has 1 aliphatic heterocycles. The van der Waals surface area contributed by atoms with Crippen molar-refractivity contribution in [3.05, 3.63) is 65.7 Å². The first-order chi connectivity index (χ1) is 17.8. The smallest absolute Gasteiger partial charge is 0.297 e. The van der Waals surface area contributed by atoms with Gasteiger partial charge in [0.05, 0.1) is 23.5 Å². The third kappa shape index (κ3) is 8.74. The Balaban J connectivity index is 0.00000163. The van der Waals surface area contributed by atoms with Crippen LogP contribution in [0.15, 0.2) is 54.0 Å². The van der Waals surface area contributed by atoms with Gasteiger partial charge in [-0.3, -0.25) is 9.80 Å². The summed E-state index contributed by atoms with van der Waals surface area (Å²) in [5, 5.41) is 0. The molecule has 0 unspecified atom stereocenters. The van der Waals surface area contributed by atoms with E-state index in [4.69, 9.17) is 4.99 Å². The predicted octanol–water partition coefficient (Wildman–Crippen LogP) is 9.74. The number of hydrogen-bond donors (Lipinski definition) is 0. The summed E-state index contributed by atoms with van der Waals surface area (Å²) >= 11 is 0. The second-order valence-electron chi connectivity index (χ2n) is 8.55. The van der Waals surface area contributed by atoms with Crippen molar-refractivity contribution in [1.29, 1.82) is 0 Å². The van der Waals surface area contributed by atoms with Gasteiger partial charge in [0.25, 0.3) is 0 Å². The molecule has 1 heterocycles. The number of alkyl halides is 3. The maximum atomic E-state index is 13.4. The maximum Gasteiger partial charge on any atom is 0.416 e. The Bertz CT molecular complexity index is 995. The number of rotatable bonds is 10. The maximum absolute atomic E-state index is 13.4. The minimum Gasteiger partial charge on any atom is -0.297 e. The van der Waals surface area contributed by atoms with Crippen molar-refractivity contribution in [2.45, 2.75) is 86.7 Å². The highest BCUT2D eigenvalue weighted by Crippen LogP contribution is 2.41. The summed E-state index contributed by atoms with van der Waals surface area (Å²) in [6.45, 7) is 21.1. The number of anilines is 1. The van der Waals surface area contributed by atoms with E-state index in [0.29, 0.717) is 23.5 Å². The lowest BCUT2D eigenvalue weighted by atomic mass is 10.0. The predicted molar refractivity (Wildman–Crippen MR) is 155 cm³/mol. The van der Waals surface area contributed by atoms with Crippen molar-refractivity contribution in [2.24, 2.45) is 4.99 Å². The summed E-state index contributed by atoms with van der Waals surface area (Å²) in [5.41, 5.74) is 3.13. The summed E-state index contributed by atoms with van der Waals surface area (Å²) in [6.07, 6.45) is 0.635.